The minimum absolute atomic E-state index is 0.163. The minimum atomic E-state index is -0.986. The maximum absolute atomic E-state index is 13.1. The van der Waals surface area contributed by atoms with E-state index in [2.05, 4.69) is 5.32 Å². The van der Waals surface area contributed by atoms with Crippen LogP contribution in [0.3, 0.4) is 0 Å². The van der Waals surface area contributed by atoms with Gasteiger partial charge in [0.25, 0.3) is 0 Å². The number of carbonyl (C=O) groups is 1. The molecule has 88 valence electrons. The van der Waals surface area contributed by atoms with Gasteiger partial charge in [-0.2, -0.15) is 0 Å². The van der Waals surface area contributed by atoms with Gasteiger partial charge in [-0.05, 0) is 20.8 Å². The molecule has 15 heavy (non-hydrogen) atoms. The molecule has 1 fully saturated rings. The Labute approximate surface area is 89.1 Å². The minimum Gasteiger partial charge on any atom is -0.444 e. The molecule has 1 saturated heterocycles. The summed E-state index contributed by atoms with van der Waals surface area (Å²) in [5.41, 5.74) is -0.532. The van der Waals surface area contributed by atoms with Crippen LogP contribution in [0.1, 0.15) is 27.2 Å². The molecule has 0 aromatic rings. The first kappa shape index (κ1) is 12.2. The molecule has 2 atom stereocenters. The lowest BCUT2D eigenvalue weighted by atomic mass is 10.2. The Morgan fingerprint density at radius 1 is 1.60 bits per heavy atom. The van der Waals surface area contributed by atoms with E-state index in [1.165, 1.54) is 0 Å². The fraction of sp³-hybridized carbons (Fsp3) is 0.900. The van der Waals surface area contributed by atoms with E-state index < -0.39 is 24.0 Å². The van der Waals surface area contributed by atoms with E-state index in [0.29, 0.717) is 13.0 Å². The van der Waals surface area contributed by atoms with Crippen LogP contribution in [0, 0.1) is 0 Å². The Balaban J connectivity index is 2.22. The van der Waals surface area contributed by atoms with Crippen molar-refractivity contribution >= 4 is 6.09 Å². The third kappa shape index (κ3) is 4.46. The number of halogens is 1. The molecular weight excluding hydrogens is 201 g/mol. The third-order valence-electron chi connectivity index (χ3n) is 1.98. The highest BCUT2D eigenvalue weighted by Crippen LogP contribution is 2.16. The molecule has 1 aliphatic rings. The average molecular weight is 219 g/mol. The predicted octanol–water partition coefficient (Wildman–Crippen LogP) is 1.64. The van der Waals surface area contributed by atoms with Gasteiger partial charge in [0.15, 0.2) is 0 Å². The molecule has 0 aromatic carbocycles. The standard InChI is InChI=1S/C10H18FNO3/c1-10(2,3)15-9(13)12-6-8-7(11)4-5-14-8/h7-8H,4-6H2,1-3H3,(H,12,13). The summed E-state index contributed by atoms with van der Waals surface area (Å²) >= 11 is 0. The Hall–Kier alpha value is -0.840. The summed E-state index contributed by atoms with van der Waals surface area (Å²) in [6, 6.07) is 0. The lowest BCUT2D eigenvalue weighted by molar-refractivity contribution is 0.0421. The van der Waals surface area contributed by atoms with Gasteiger partial charge in [0.05, 0.1) is 6.61 Å². The maximum Gasteiger partial charge on any atom is 0.407 e. The molecule has 1 amide bonds. The normalized spacial score (nSPS) is 26.4. The monoisotopic (exact) mass is 219 g/mol. The summed E-state index contributed by atoms with van der Waals surface area (Å²) in [6.45, 7) is 5.90. The highest BCUT2D eigenvalue weighted by atomic mass is 19.1. The lowest BCUT2D eigenvalue weighted by Crippen LogP contribution is -2.39. The summed E-state index contributed by atoms with van der Waals surface area (Å²) in [7, 11) is 0. The first-order valence-electron chi connectivity index (χ1n) is 5.11. The highest BCUT2D eigenvalue weighted by molar-refractivity contribution is 5.67. The molecule has 1 aliphatic heterocycles. The van der Waals surface area contributed by atoms with E-state index in [1.807, 2.05) is 0 Å². The van der Waals surface area contributed by atoms with Gasteiger partial charge in [0.1, 0.15) is 17.9 Å². The van der Waals surface area contributed by atoms with Crippen LogP contribution in [0.25, 0.3) is 0 Å². The molecule has 1 heterocycles. The molecule has 0 saturated carbocycles. The quantitative estimate of drug-likeness (QED) is 0.768. The van der Waals surface area contributed by atoms with E-state index in [4.69, 9.17) is 9.47 Å². The summed E-state index contributed by atoms with van der Waals surface area (Å²) in [5.74, 6) is 0. The van der Waals surface area contributed by atoms with Gasteiger partial charge in [-0.3, -0.25) is 0 Å². The van der Waals surface area contributed by atoms with Crippen LogP contribution >= 0.6 is 0 Å². The molecule has 0 aromatic heterocycles. The van der Waals surface area contributed by atoms with Crippen molar-refractivity contribution in [2.24, 2.45) is 0 Å². The predicted molar refractivity (Wildman–Crippen MR) is 53.5 cm³/mol. The summed E-state index contributed by atoms with van der Waals surface area (Å²) < 4.78 is 23.2. The Bertz CT molecular complexity index is 227. The zero-order valence-electron chi connectivity index (χ0n) is 9.38. The molecule has 0 radical (unpaired) electrons. The van der Waals surface area contributed by atoms with Crippen LogP contribution in [0.4, 0.5) is 9.18 Å². The largest absolute Gasteiger partial charge is 0.444 e. The van der Waals surface area contributed by atoms with Crippen molar-refractivity contribution in [2.75, 3.05) is 13.2 Å². The Morgan fingerprint density at radius 2 is 2.27 bits per heavy atom. The van der Waals surface area contributed by atoms with E-state index in [9.17, 15) is 9.18 Å². The average Bonchev–Trinajstić information content (AvgIpc) is 2.44. The van der Waals surface area contributed by atoms with Gasteiger partial charge in [-0.1, -0.05) is 0 Å². The van der Waals surface area contributed by atoms with Crippen LogP contribution < -0.4 is 5.32 Å². The van der Waals surface area contributed by atoms with Crippen molar-refractivity contribution in [3.63, 3.8) is 0 Å². The highest BCUT2D eigenvalue weighted by Gasteiger charge is 2.28. The van der Waals surface area contributed by atoms with Crippen molar-refractivity contribution in [1.29, 1.82) is 0 Å². The first-order chi connectivity index (χ1) is 6.88. The number of hydrogen-bond acceptors (Lipinski definition) is 3. The second-order valence-corrected chi connectivity index (χ2v) is 4.60. The maximum atomic E-state index is 13.1. The summed E-state index contributed by atoms with van der Waals surface area (Å²) in [6.07, 6.45) is -1.65. The van der Waals surface area contributed by atoms with Crippen molar-refractivity contribution in [2.45, 2.75) is 45.1 Å². The SMILES string of the molecule is CC(C)(C)OC(=O)NCC1OCCC1F. The van der Waals surface area contributed by atoms with Gasteiger partial charge in [0.2, 0.25) is 0 Å². The van der Waals surface area contributed by atoms with E-state index >= 15 is 0 Å². The second kappa shape index (κ2) is 4.79. The second-order valence-electron chi connectivity index (χ2n) is 4.60. The number of amides is 1. The van der Waals surface area contributed by atoms with Crippen molar-refractivity contribution < 1.29 is 18.7 Å². The number of nitrogens with one attached hydrogen (secondary N) is 1. The van der Waals surface area contributed by atoms with Crippen molar-refractivity contribution in [1.82, 2.24) is 5.32 Å². The van der Waals surface area contributed by atoms with Crippen LogP contribution in [-0.4, -0.2) is 37.1 Å². The summed E-state index contributed by atoms with van der Waals surface area (Å²) in [5, 5.41) is 2.49. The van der Waals surface area contributed by atoms with Crippen molar-refractivity contribution in [3.8, 4) is 0 Å². The number of alkyl halides is 1. The zero-order valence-corrected chi connectivity index (χ0v) is 9.38. The molecule has 0 aliphatic carbocycles. The van der Waals surface area contributed by atoms with Gasteiger partial charge < -0.3 is 14.8 Å². The van der Waals surface area contributed by atoms with Crippen LogP contribution in [0.2, 0.25) is 0 Å². The number of rotatable bonds is 2. The van der Waals surface area contributed by atoms with Gasteiger partial charge in [0, 0.05) is 13.0 Å². The molecule has 1 rings (SSSR count). The van der Waals surface area contributed by atoms with Gasteiger partial charge in [-0.25, -0.2) is 9.18 Å². The van der Waals surface area contributed by atoms with Gasteiger partial charge in [-0.15, -0.1) is 0 Å². The number of carbonyl (C=O) groups excluding carboxylic acids is 1. The van der Waals surface area contributed by atoms with E-state index in [1.54, 1.807) is 20.8 Å². The number of hydrogen-bond donors (Lipinski definition) is 1. The van der Waals surface area contributed by atoms with E-state index in [0.717, 1.165) is 0 Å². The third-order valence-corrected chi connectivity index (χ3v) is 1.98. The Morgan fingerprint density at radius 3 is 2.73 bits per heavy atom. The van der Waals surface area contributed by atoms with E-state index in [-0.39, 0.29) is 6.54 Å². The molecule has 1 N–H and O–H groups in total. The topological polar surface area (TPSA) is 47.6 Å². The molecule has 5 heteroatoms. The fourth-order valence-corrected chi connectivity index (χ4v) is 1.31. The lowest BCUT2D eigenvalue weighted by Gasteiger charge is -2.20. The van der Waals surface area contributed by atoms with Crippen LogP contribution in [0.15, 0.2) is 0 Å². The first-order valence-corrected chi connectivity index (χ1v) is 5.11. The number of ether oxygens (including phenoxy) is 2. The molecule has 0 spiro atoms. The molecule has 4 nitrogen and oxygen atoms in total. The zero-order chi connectivity index (χ0) is 11.5. The molecule has 2 unspecified atom stereocenters. The number of alkyl carbamates (subject to hydrolysis) is 1. The van der Waals surface area contributed by atoms with Crippen molar-refractivity contribution in [3.05, 3.63) is 0 Å². The smallest absolute Gasteiger partial charge is 0.407 e. The molecular formula is C10H18FNO3. The van der Waals surface area contributed by atoms with Crippen LogP contribution in [0.5, 0.6) is 0 Å². The van der Waals surface area contributed by atoms with Gasteiger partial charge >= 0.3 is 6.09 Å². The molecule has 0 bridgehead atoms. The summed E-state index contributed by atoms with van der Waals surface area (Å²) in [4.78, 5) is 11.2. The van der Waals surface area contributed by atoms with Crippen LogP contribution in [-0.2, 0) is 9.47 Å². The Kier molecular flexibility index (Phi) is 3.90. The fourth-order valence-electron chi connectivity index (χ4n) is 1.31.